The third kappa shape index (κ3) is 3.13. The molecule has 0 aliphatic carbocycles. The Morgan fingerprint density at radius 3 is 2.40 bits per heavy atom. The number of carbonyl (C=O) groups excluding carboxylic acids is 1. The van der Waals surface area contributed by atoms with Gasteiger partial charge in [-0.3, -0.25) is 4.79 Å². The largest absolute Gasteiger partial charge is 0.457 e. The van der Waals surface area contributed by atoms with Gasteiger partial charge in [-0.1, -0.05) is 0 Å². The van der Waals surface area contributed by atoms with Crippen LogP contribution in [0.5, 0.6) is 11.5 Å². The molecule has 5 heteroatoms. The molecular weight excluding hydrogens is 259 g/mol. The van der Waals surface area contributed by atoms with E-state index in [1.165, 1.54) is 18.2 Å². The molecule has 0 saturated carbocycles. The predicted molar refractivity (Wildman–Crippen MR) is 74.0 cm³/mol. The highest BCUT2D eigenvalue weighted by molar-refractivity contribution is 5.92. The number of amides is 1. The van der Waals surface area contributed by atoms with Crippen LogP contribution in [0.15, 0.2) is 42.5 Å². The Morgan fingerprint density at radius 1 is 1.20 bits per heavy atom. The highest BCUT2D eigenvalue weighted by atomic mass is 19.1. The summed E-state index contributed by atoms with van der Waals surface area (Å²) in [5.41, 5.74) is 11.9. The van der Waals surface area contributed by atoms with Crippen LogP contribution >= 0.6 is 0 Å². The molecule has 0 saturated heterocycles. The lowest BCUT2D eigenvalue weighted by Crippen LogP contribution is -2.10. The highest BCUT2D eigenvalue weighted by Crippen LogP contribution is 2.29. The number of halogens is 1. The summed E-state index contributed by atoms with van der Waals surface area (Å²) < 4.78 is 18.9. The van der Waals surface area contributed by atoms with E-state index in [1.807, 2.05) is 0 Å². The fraction of sp³-hybridized carbons (Fsp3) is 0.133. The first-order chi connectivity index (χ1) is 9.47. The molecule has 2 aromatic carbocycles. The minimum atomic E-state index is -0.505. The van der Waals surface area contributed by atoms with Crippen LogP contribution < -0.4 is 16.2 Å². The van der Waals surface area contributed by atoms with Gasteiger partial charge in [0, 0.05) is 17.2 Å². The molecule has 0 aromatic heterocycles. The fourth-order valence-corrected chi connectivity index (χ4v) is 1.78. The zero-order valence-electron chi connectivity index (χ0n) is 11.0. The number of ether oxygens (including phenoxy) is 1. The van der Waals surface area contributed by atoms with Crippen molar-refractivity contribution >= 4 is 5.91 Å². The fourth-order valence-electron chi connectivity index (χ4n) is 1.78. The van der Waals surface area contributed by atoms with Crippen molar-refractivity contribution in [1.82, 2.24) is 0 Å². The summed E-state index contributed by atoms with van der Waals surface area (Å²) in [6.07, 6.45) is 0. The van der Waals surface area contributed by atoms with Gasteiger partial charge in [0.1, 0.15) is 17.3 Å². The summed E-state index contributed by atoms with van der Waals surface area (Å²) in [6.45, 7) is 1.75. The van der Waals surface area contributed by atoms with E-state index in [9.17, 15) is 9.18 Å². The Morgan fingerprint density at radius 2 is 1.85 bits per heavy atom. The third-order valence-electron chi connectivity index (χ3n) is 2.83. The summed E-state index contributed by atoms with van der Waals surface area (Å²) in [4.78, 5) is 11.0. The Labute approximate surface area is 116 Å². The van der Waals surface area contributed by atoms with Crippen molar-refractivity contribution in [2.75, 3.05) is 0 Å². The van der Waals surface area contributed by atoms with Gasteiger partial charge in [-0.25, -0.2) is 4.39 Å². The van der Waals surface area contributed by atoms with Crippen molar-refractivity contribution in [1.29, 1.82) is 0 Å². The predicted octanol–water partition coefficient (Wildman–Crippen LogP) is 2.74. The molecule has 0 aliphatic rings. The lowest BCUT2D eigenvalue weighted by Gasteiger charge is -2.14. The Hall–Kier alpha value is -2.40. The monoisotopic (exact) mass is 274 g/mol. The second-order valence-corrected chi connectivity index (χ2v) is 4.46. The van der Waals surface area contributed by atoms with Gasteiger partial charge in [-0.15, -0.1) is 0 Å². The topological polar surface area (TPSA) is 78.3 Å². The number of rotatable bonds is 4. The quantitative estimate of drug-likeness (QED) is 0.899. The summed E-state index contributed by atoms with van der Waals surface area (Å²) in [7, 11) is 0. The van der Waals surface area contributed by atoms with E-state index in [2.05, 4.69) is 0 Å². The molecule has 2 aromatic rings. The van der Waals surface area contributed by atoms with Crippen LogP contribution in [-0.4, -0.2) is 5.91 Å². The van der Waals surface area contributed by atoms with Crippen LogP contribution in [0.1, 0.15) is 28.9 Å². The average molecular weight is 274 g/mol. The van der Waals surface area contributed by atoms with E-state index in [4.69, 9.17) is 16.2 Å². The molecule has 104 valence electrons. The molecule has 4 nitrogen and oxygen atoms in total. The van der Waals surface area contributed by atoms with Gasteiger partial charge in [0.15, 0.2) is 0 Å². The van der Waals surface area contributed by atoms with Gasteiger partial charge in [0.2, 0.25) is 5.91 Å². The standard InChI is InChI=1S/C15H15FN2O2/c1-9(17)13-8-11(16)4-7-14(13)20-12-5-2-10(3-6-12)15(18)19/h2-9H,17H2,1H3,(H2,18,19)/t9-/m1/s1. The number of carbonyl (C=O) groups is 1. The molecule has 0 fully saturated rings. The van der Waals surface area contributed by atoms with Crippen LogP contribution in [0, 0.1) is 5.82 Å². The van der Waals surface area contributed by atoms with Crippen LogP contribution in [0.3, 0.4) is 0 Å². The first kappa shape index (κ1) is 14.0. The first-order valence-corrected chi connectivity index (χ1v) is 6.10. The van der Waals surface area contributed by atoms with E-state index < -0.39 is 5.91 Å². The lowest BCUT2D eigenvalue weighted by molar-refractivity contribution is 0.100. The average Bonchev–Trinajstić information content (AvgIpc) is 2.41. The number of benzene rings is 2. The van der Waals surface area contributed by atoms with Crippen molar-refractivity contribution in [3.05, 3.63) is 59.4 Å². The van der Waals surface area contributed by atoms with E-state index in [0.717, 1.165) is 0 Å². The van der Waals surface area contributed by atoms with Crippen LogP contribution in [0.2, 0.25) is 0 Å². The molecule has 1 atom stereocenters. The van der Waals surface area contributed by atoms with Crippen molar-refractivity contribution in [3.63, 3.8) is 0 Å². The molecule has 2 rings (SSSR count). The second kappa shape index (κ2) is 5.71. The van der Waals surface area contributed by atoms with Crippen LogP contribution in [-0.2, 0) is 0 Å². The third-order valence-corrected chi connectivity index (χ3v) is 2.83. The minimum absolute atomic E-state index is 0.356. The normalized spacial score (nSPS) is 11.9. The number of hydrogen-bond donors (Lipinski definition) is 2. The first-order valence-electron chi connectivity index (χ1n) is 6.10. The summed E-state index contributed by atoms with van der Waals surface area (Å²) in [5, 5.41) is 0. The van der Waals surface area contributed by atoms with Crippen molar-refractivity contribution < 1.29 is 13.9 Å². The summed E-state index contributed by atoms with van der Waals surface area (Å²) in [5.74, 6) is 0.125. The maximum atomic E-state index is 13.2. The van der Waals surface area contributed by atoms with E-state index in [0.29, 0.717) is 22.6 Å². The highest BCUT2D eigenvalue weighted by Gasteiger charge is 2.11. The van der Waals surface area contributed by atoms with E-state index in [-0.39, 0.29) is 11.9 Å². The lowest BCUT2D eigenvalue weighted by atomic mass is 10.1. The molecule has 0 aliphatic heterocycles. The molecule has 20 heavy (non-hydrogen) atoms. The molecule has 0 unspecified atom stereocenters. The smallest absolute Gasteiger partial charge is 0.248 e. The van der Waals surface area contributed by atoms with Gasteiger partial charge in [0.05, 0.1) is 0 Å². The van der Waals surface area contributed by atoms with Crippen molar-refractivity contribution in [3.8, 4) is 11.5 Å². The van der Waals surface area contributed by atoms with Gasteiger partial charge in [-0.05, 0) is 49.4 Å². The van der Waals surface area contributed by atoms with Gasteiger partial charge < -0.3 is 16.2 Å². The number of primary amides is 1. The van der Waals surface area contributed by atoms with Crippen molar-refractivity contribution in [2.45, 2.75) is 13.0 Å². The number of hydrogen-bond acceptors (Lipinski definition) is 3. The van der Waals surface area contributed by atoms with E-state index >= 15 is 0 Å². The molecule has 0 heterocycles. The minimum Gasteiger partial charge on any atom is -0.457 e. The second-order valence-electron chi connectivity index (χ2n) is 4.46. The molecule has 0 bridgehead atoms. The molecule has 0 radical (unpaired) electrons. The Balaban J connectivity index is 2.27. The van der Waals surface area contributed by atoms with Crippen LogP contribution in [0.25, 0.3) is 0 Å². The Kier molecular flexibility index (Phi) is 4.00. The zero-order valence-corrected chi connectivity index (χ0v) is 11.0. The van der Waals surface area contributed by atoms with Crippen LogP contribution in [0.4, 0.5) is 4.39 Å². The summed E-state index contributed by atoms with van der Waals surface area (Å²) >= 11 is 0. The Bertz CT molecular complexity index is 624. The molecule has 0 spiro atoms. The SMILES string of the molecule is C[C@@H](N)c1cc(F)ccc1Oc1ccc(C(N)=O)cc1. The van der Waals surface area contributed by atoms with Gasteiger partial charge >= 0.3 is 0 Å². The number of nitrogens with two attached hydrogens (primary N) is 2. The molecular formula is C15H15FN2O2. The van der Waals surface area contributed by atoms with E-state index in [1.54, 1.807) is 31.2 Å². The van der Waals surface area contributed by atoms with Gasteiger partial charge in [0.25, 0.3) is 0 Å². The molecule has 4 N–H and O–H groups in total. The van der Waals surface area contributed by atoms with Gasteiger partial charge in [-0.2, -0.15) is 0 Å². The van der Waals surface area contributed by atoms with Crippen molar-refractivity contribution in [2.24, 2.45) is 11.5 Å². The molecule has 1 amide bonds. The maximum Gasteiger partial charge on any atom is 0.248 e. The zero-order chi connectivity index (χ0) is 14.7. The maximum absolute atomic E-state index is 13.2. The summed E-state index contributed by atoms with van der Waals surface area (Å²) in [6, 6.07) is 10.2.